The van der Waals surface area contributed by atoms with E-state index in [4.69, 9.17) is 11.2 Å². The zero-order valence-corrected chi connectivity index (χ0v) is 9.23. The summed E-state index contributed by atoms with van der Waals surface area (Å²) in [5.41, 5.74) is 0. The summed E-state index contributed by atoms with van der Waals surface area (Å²) in [6.07, 6.45) is 2.25. The Balaban J connectivity index is 2.92. The van der Waals surface area contributed by atoms with Gasteiger partial charge in [0.05, 0.1) is 0 Å². The minimum atomic E-state index is -0.202. The Morgan fingerprint density at radius 1 is 1.12 bits per heavy atom. The first-order valence-corrected chi connectivity index (χ1v) is 7.20. The van der Waals surface area contributed by atoms with E-state index in [9.17, 15) is 0 Å². The van der Waals surface area contributed by atoms with E-state index in [1.165, 1.54) is 0 Å². The molecule has 50 valence electrons. The van der Waals surface area contributed by atoms with Gasteiger partial charge in [-0.2, -0.15) is 0 Å². The third-order valence-corrected chi connectivity index (χ3v) is 5.10. The summed E-state index contributed by atoms with van der Waals surface area (Å²) in [5.74, 6) is 0. The molecule has 0 rings (SSSR count). The molecule has 0 saturated heterocycles. The molecule has 0 fully saturated rings. The van der Waals surface area contributed by atoms with E-state index in [0.717, 1.165) is 23.0 Å². The molecule has 0 bridgehead atoms. The molecule has 0 N–H and O–H groups in total. The Bertz CT molecular complexity index is 47.3. The van der Waals surface area contributed by atoms with Crippen molar-refractivity contribution in [3.05, 3.63) is 0 Å². The monoisotopic (exact) mass is 280 g/mol. The largest absolute Gasteiger partial charge is 0.0964 e. The lowest BCUT2D eigenvalue weighted by Gasteiger charge is -2.02. The van der Waals surface area contributed by atoms with Gasteiger partial charge in [0.2, 0.25) is 0 Å². The highest BCUT2D eigenvalue weighted by Gasteiger charge is 1.99. The van der Waals surface area contributed by atoms with Crippen LogP contribution in [0.25, 0.3) is 0 Å². The van der Waals surface area contributed by atoms with Gasteiger partial charge in [0, 0.05) is 10.7 Å². The van der Waals surface area contributed by atoms with Crippen LogP contribution in [0.3, 0.4) is 0 Å². The van der Waals surface area contributed by atoms with Gasteiger partial charge >= 0.3 is 0 Å². The van der Waals surface area contributed by atoms with Crippen molar-refractivity contribution < 1.29 is 0 Å². The zero-order valence-electron chi connectivity index (χ0n) is 4.41. The molecule has 0 spiro atoms. The minimum Gasteiger partial charge on any atom is -0.0964 e. The quantitative estimate of drug-likeness (QED) is 0.547. The number of alkyl halides is 2. The van der Waals surface area contributed by atoms with Crippen LogP contribution in [-0.4, -0.2) is 23.0 Å². The summed E-state index contributed by atoms with van der Waals surface area (Å²) < 4.78 is 0. The summed E-state index contributed by atoms with van der Waals surface area (Å²) in [5, 5.41) is 2.07. The van der Waals surface area contributed by atoms with E-state index in [-0.39, 0.29) is 7.27 Å². The van der Waals surface area contributed by atoms with E-state index in [2.05, 4.69) is 31.9 Å². The van der Waals surface area contributed by atoms with Crippen molar-refractivity contribution in [2.24, 2.45) is 0 Å². The Hall–Kier alpha value is 1.68. The van der Waals surface area contributed by atoms with Crippen LogP contribution in [0.15, 0.2) is 0 Å². The summed E-state index contributed by atoms with van der Waals surface area (Å²) in [6, 6.07) is 0. The number of halogens is 3. The van der Waals surface area contributed by atoms with Crippen molar-refractivity contribution in [1.82, 2.24) is 0 Å². The molecular formula is C4H8Br2ClP. The van der Waals surface area contributed by atoms with Gasteiger partial charge in [0.1, 0.15) is 0 Å². The van der Waals surface area contributed by atoms with Crippen LogP contribution in [0.4, 0.5) is 0 Å². The third-order valence-electron chi connectivity index (χ3n) is 0.654. The maximum absolute atomic E-state index is 5.89. The fourth-order valence-electron chi connectivity index (χ4n) is 0.295. The van der Waals surface area contributed by atoms with Crippen molar-refractivity contribution in [3.8, 4) is 0 Å². The number of hydrogen-bond acceptors (Lipinski definition) is 0. The molecule has 0 saturated carbocycles. The lowest BCUT2D eigenvalue weighted by Crippen LogP contribution is -1.85. The van der Waals surface area contributed by atoms with E-state index >= 15 is 0 Å². The van der Waals surface area contributed by atoms with Crippen LogP contribution in [0, 0.1) is 0 Å². The molecule has 0 aromatic carbocycles. The first-order chi connectivity index (χ1) is 3.81. The molecule has 0 aromatic heterocycles. The van der Waals surface area contributed by atoms with Gasteiger partial charge in [-0.15, -0.1) is 0 Å². The maximum atomic E-state index is 5.89. The first kappa shape index (κ1) is 9.68. The van der Waals surface area contributed by atoms with Gasteiger partial charge in [-0.3, -0.25) is 0 Å². The van der Waals surface area contributed by atoms with Gasteiger partial charge < -0.3 is 0 Å². The molecule has 0 aliphatic heterocycles. The lowest BCUT2D eigenvalue weighted by atomic mass is 11.0. The topological polar surface area (TPSA) is 0 Å². The number of hydrogen-bond donors (Lipinski definition) is 0. The lowest BCUT2D eigenvalue weighted by molar-refractivity contribution is 1.49. The molecule has 0 amide bonds. The molecular weight excluding hydrogens is 274 g/mol. The zero-order chi connectivity index (χ0) is 6.41. The highest BCUT2D eigenvalue weighted by atomic mass is 79.9. The molecule has 0 atom stereocenters. The Kier molecular flexibility index (Phi) is 8.22. The van der Waals surface area contributed by atoms with Gasteiger partial charge in [0.15, 0.2) is 0 Å². The predicted molar refractivity (Wildman–Crippen MR) is 50.1 cm³/mol. The van der Waals surface area contributed by atoms with Gasteiger partial charge in [-0.1, -0.05) is 43.1 Å². The van der Waals surface area contributed by atoms with Crippen LogP contribution in [0.5, 0.6) is 0 Å². The fourth-order valence-corrected chi connectivity index (χ4v) is 5.19. The van der Waals surface area contributed by atoms with Crippen molar-refractivity contribution >= 4 is 50.4 Å². The molecule has 0 radical (unpaired) electrons. The average Bonchev–Trinajstić information content (AvgIpc) is 1.68. The van der Waals surface area contributed by atoms with Crippen molar-refractivity contribution in [1.29, 1.82) is 0 Å². The standard InChI is InChI=1S/C4H8Br2ClP/c5-1-3-8(7)4-2-6/h1-4H2. The summed E-state index contributed by atoms with van der Waals surface area (Å²) >= 11 is 12.6. The average molecular weight is 282 g/mol. The Morgan fingerprint density at radius 2 is 1.50 bits per heavy atom. The molecule has 0 heterocycles. The van der Waals surface area contributed by atoms with Crippen molar-refractivity contribution in [2.45, 2.75) is 0 Å². The molecule has 0 nitrogen and oxygen atoms in total. The molecule has 8 heavy (non-hydrogen) atoms. The van der Waals surface area contributed by atoms with Gasteiger partial charge in [-0.05, 0) is 19.6 Å². The molecule has 0 aliphatic carbocycles. The smallest absolute Gasteiger partial charge is 0.00817 e. The van der Waals surface area contributed by atoms with Crippen LogP contribution >= 0.6 is 50.4 Å². The van der Waals surface area contributed by atoms with E-state index in [1.54, 1.807) is 0 Å². The highest BCUT2D eigenvalue weighted by Crippen LogP contribution is 2.40. The van der Waals surface area contributed by atoms with Crippen LogP contribution in [0.2, 0.25) is 0 Å². The van der Waals surface area contributed by atoms with E-state index < -0.39 is 0 Å². The second-order valence-corrected chi connectivity index (χ2v) is 6.13. The van der Waals surface area contributed by atoms with Crippen molar-refractivity contribution in [2.75, 3.05) is 23.0 Å². The van der Waals surface area contributed by atoms with Crippen LogP contribution < -0.4 is 0 Å². The normalized spacial score (nSPS) is 10.5. The summed E-state index contributed by atoms with van der Waals surface area (Å²) in [4.78, 5) is 0. The summed E-state index contributed by atoms with van der Waals surface area (Å²) in [7, 11) is -0.202. The molecule has 0 aliphatic rings. The molecule has 4 heteroatoms. The maximum Gasteiger partial charge on any atom is 0.00817 e. The van der Waals surface area contributed by atoms with E-state index in [0.29, 0.717) is 0 Å². The van der Waals surface area contributed by atoms with Gasteiger partial charge in [-0.25, -0.2) is 0 Å². The van der Waals surface area contributed by atoms with Crippen LogP contribution in [0.1, 0.15) is 0 Å². The van der Waals surface area contributed by atoms with Crippen molar-refractivity contribution in [3.63, 3.8) is 0 Å². The molecule has 0 unspecified atom stereocenters. The van der Waals surface area contributed by atoms with Gasteiger partial charge in [0.25, 0.3) is 0 Å². The fraction of sp³-hybridized carbons (Fsp3) is 1.00. The third kappa shape index (κ3) is 5.81. The van der Waals surface area contributed by atoms with Crippen LogP contribution in [-0.2, 0) is 0 Å². The Morgan fingerprint density at radius 3 is 1.75 bits per heavy atom. The van der Waals surface area contributed by atoms with E-state index in [1.807, 2.05) is 0 Å². The number of rotatable bonds is 4. The SMILES string of the molecule is ClP(CCBr)CCBr. The predicted octanol–water partition coefficient (Wildman–Crippen LogP) is 3.41. The molecule has 0 aromatic rings. The Labute approximate surface area is 73.2 Å². The highest BCUT2D eigenvalue weighted by molar-refractivity contribution is 9.09. The first-order valence-electron chi connectivity index (χ1n) is 2.34. The second kappa shape index (κ2) is 6.80. The minimum absolute atomic E-state index is 0.202. The summed E-state index contributed by atoms with van der Waals surface area (Å²) in [6.45, 7) is 0. The second-order valence-electron chi connectivity index (χ2n) is 1.29.